The molecule has 0 N–H and O–H groups in total. The molecule has 3 heteroatoms. The van der Waals surface area contributed by atoms with Crippen LogP contribution in [0.4, 0.5) is 0 Å². The summed E-state index contributed by atoms with van der Waals surface area (Å²) in [6.45, 7) is 5.82. The van der Waals surface area contributed by atoms with Crippen molar-refractivity contribution in [3.8, 4) is 5.75 Å². The average Bonchev–Trinajstić information content (AvgIpc) is 2.82. The lowest BCUT2D eigenvalue weighted by atomic mass is 9.94. The molecule has 23 heavy (non-hydrogen) atoms. The van der Waals surface area contributed by atoms with Crippen LogP contribution in [0.25, 0.3) is 10.8 Å². The van der Waals surface area contributed by atoms with Crippen LogP contribution in [0.3, 0.4) is 0 Å². The Morgan fingerprint density at radius 1 is 1.17 bits per heavy atom. The van der Waals surface area contributed by atoms with Gasteiger partial charge in [-0.2, -0.15) is 0 Å². The number of hydrogen-bond acceptors (Lipinski definition) is 3. The Labute approximate surface area is 136 Å². The third kappa shape index (κ3) is 2.96. The standard InChI is InChI=1S/C20H22O3/c1-13-14(2)20(21)23-18(13)10-6-7-15-11-12-19(22-3)17-9-5-4-8-16(15)17/h4-5,8-9,11-13,18H,2,6-7,10H2,1,3H3. The van der Waals surface area contributed by atoms with E-state index in [1.54, 1.807) is 7.11 Å². The summed E-state index contributed by atoms with van der Waals surface area (Å²) in [7, 11) is 1.70. The second kappa shape index (κ2) is 6.45. The molecule has 0 aromatic heterocycles. The highest BCUT2D eigenvalue weighted by atomic mass is 16.6. The molecule has 2 aromatic carbocycles. The van der Waals surface area contributed by atoms with Gasteiger partial charge in [0.25, 0.3) is 0 Å². The molecule has 0 saturated carbocycles. The Balaban J connectivity index is 1.71. The van der Waals surface area contributed by atoms with Crippen molar-refractivity contribution in [2.45, 2.75) is 32.3 Å². The second-order valence-electron chi connectivity index (χ2n) is 6.12. The van der Waals surface area contributed by atoms with Crippen molar-refractivity contribution in [3.63, 3.8) is 0 Å². The molecule has 120 valence electrons. The quantitative estimate of drug-likeness (QED) is 0.610. The zero-order valence-corrected chi connectivity index (χ0v) is 13.7. The van der Waals surface area contributed by atoms with Crippen LogP contribution in [0, 0.1) is 5.92 Å². The fraction of sp³-hybridized carbons (Fsp3) is 0.350. The number of esters is 1. The largest absolute Gasteiger partial charge is 0.496 e. The van der Waals surface area contributed by atoms with Crippen LogP contribution in [0.5, 0.6) is 5.75 Å². The molecular weight excluding hydrogens is 288 g/mol. The maximum Gasteiger partial charge on any atom is 0.334 e. The topological polar surface area (TPSA) is 35.5 Å². The number of carbonyl (C=O) groups excluding carboxylic acids is 1. The Kier molecular flexibility index (Phi) is 4.37. The van der Waals surface area contributed by atoms with Gasteiger partial charge < -0.3 is 9.47 Å². The van der Waals surface area contributed by atoms with Crippen LogP contribution in [0.15, 0.2) is 48.6 Å². The Morgan fingerprint density at radius 3 is 2.57 bits per heavy atom. The summed E-state index contributed by atoms with van der Waals surface area (Å²) in [6.07, 6.45) is 2.77. The summed E-state index contributed by atoms with van der Waals surface area (Å²) in [6, 6.07) is 12.5. The average molecular weight is 310 g/mol. The smallest absolute Gasteiger partial charge is 0.334 e. The molecule has 1 aliphatic rings. The maximum atomic E-state index is 11.5. The van der Waals surface area contributed by atoms with Crippen LogP contribution >= 0.6 is 0 Å². The molecule has 1 heterocycles. The van der Waals surface area contributed by atoms with E-state index < -0.39 is 0 Å². The number of aryl methyl sites for hydroxylation is 1. The van der Waals surface area contributed by atoms with E-state index in [9.17, 15) is 4.79 Å². The molecule has 0 bridgehead atoms. The maximum absolute atomic E-state index is 11.5. The molecule has 1 fully saturated rings. The highest BCUT2D eigenvalue weighted by Crippen LogP contribution is 2.31. The molecule has 3 nitrogen and oxygen atoms in total. The van der Waals surface area contributed by atoms with Gasteiger partial charge in [-0.3, -0.25) is 0 Å². The zero-order chi connectivity index (χ0) is 16.4. The Morgan fingerprint density at radius 2 is 1.91 bits per heavy atom. The van der Waals surface area contributed by atoms with Gasteiger partial charge in [-0.05, 0) is 36.3 Å². The summed E-state index contributed by atoms with van der Waals surface area (Å²) in [4.78, 5) is 11.5. The van der Waals surface area contributed by atoms with Gasteiger partial charge >= 0.3 is 5.97 Å². The molecule has 0 radical (unpaired) electrons. The molecule has 0 spiro atoms. The predicted molar refractivity (Wildman–Crippen MR) is 91.6 cm³/mol. The minimum atomic E-state index is -0.239. The van der Waals surface area contributed by atoms with Crippen LogP contribution in [-0.2, 0) is 16.0 Å². The summed E-state index contributed by atoms with van der Waals surface area (Å²) < 4.78 is 10.8. The van der Waals surface area contributed by atoms with Gasteiger partial charge in [0, 0.05) is 16.9 Å². The first-order valence-electron chi connectivity index (χ1n) is 8.06. The number of fused-ring (bicyclic) bond motifs is 1. The number of carbonyl (C=O) groups is 1. The van der Waals surface area contributed by atoms with Crippen molar-refractivity contribution in [2.75, 3.05) is 7.11 Å². The molecule has 0 aliphatic carbocycles. The number of rotatable bonds is 5. The number of ether oxygens (including phenoxy) is 2. The van der Waals surface area contributed by atoms with Crippen molar-refractivity contribution in [1.82, 2.24) is 0 Å². The highest BCUT2D eigenvalue weighted by molar-refractivity contribution is 5.91. The van der Waals surface area contributed by atoms with Crippen molar-refractivity contribution >= 4 is 16.7 Å². The molecule has 1 aliphatic heterocycles. The van der Waals surface area contributed by atoms with Crippen molar-refractivity contribution in [2.24, 2.45) is 5.92 Å². The highest BCUT2D eigenvalue weighted by Gasteiger charge is 2.34. The Hall–Kier alpha value is -2.29. The molecule has 1 saturated heterocycles. The normalized spacial score (nSPS) is 20.8. The van der Waals surface area contributed by atoms with Gasteiger partial charge in [-0.1, -0.05) is 43.8 Å². The van der Waals surface area contributed by atoms with Crippen LogP contribution in [0.1, 0.15) is 25.3 Å². The van der Waals surface area contributed by atoms with E-state index in [4.69, 9.17) is 9.47 Å². The first kappa shape index (κ1) is 15.6. The van der Waals surface area contributed by atoms with E-state index in [-0.39, 0.29) is 18.0 Å². The molecule has 0 amide bonds. The van der Waals surface area contributed by atoms with Crippen molar-refractivity contribution in [1.29, 1.82) is 0 Å². The van der Waals surface area contributed by atoms with Crippen LogP contribution < -0.4 is 4.74 Å². The summed E-state index contributed by atoms with van der Waals surface area (Å²) in [5.74, 6) is 0.784. The minimum Gasteiger partial charge on any atom is -0.496 e. The molecule has 2 aromatic rings. The van der Waals surface area contributed by atoms with E-state index in [2.05, 4.69) is 30.8 Å². The summed E-state index contributed by atoms with van der Waals surface area (Å²) in [5, 5.41) is 2.37. The third-order valence-electron chi connectivity index (χ3n) is 4.76. The lowest BCUT2D eigenvalue weighted by molar-refractivity contribution is -0.139. The van der Waals surface area contributed by atoms with E-state index in [0.29, 0.717) is 5.57 Å². The van der Waals surface area contributed by atoms with Crippen molar-refractivity contribution in [3.05, 3.63) is 54.1 Å². The fourth-order valence-electron chi connectivity index (χ4n) is 3.26. The zero-order valence-electron chi connectivity index (χ0n) is 13.7. The van der Waals surface area contributed by atoms with E-state index in [1.165, 1.54) is 10.9 Å². The first-order chi connectivity index (χ1) is 11.1. The van der Waals surface area contributed by atoms with E-state index >= 15 is 0 Å². The minimum absolute atomic E-state index is 0.0282. The summed E-state index contributed by atoms with van der Waals surface area (Å²) in [5.41, 5.74) is 1.90. The number of cyclic esters (lactones) is 1. The van der Waals surface area contributed by atoms with Crippen LogP contribution in [-0.4, -0.2) is 19.2 Å². The molecule has 3 rings (SSSR count). The first-order valence-corrected chi connectivity index (χ1v) is 8.06. The number of hydrogen-bond donors (Lipinski definition) is 0. The molecule has 2 unspecified atom stereocenters. The predicted octanol–water partition coefficient (Wildman–Crippen LogP) is 4.29. The van der Waals surface area contributed by atoms with Gasteiger partial charge in [0.05, 0.1) is 7.11 Å². The van der Waals surface area contributed by atoms with Gasteiger partial charge in [-0.15, -0.1) is 0 Å². The lowest BCUT2D eigenvalue weighted by Crippen LogP contribution is -2.14. The lowest BCUT2D eigenvalue weighted by Gasteiger charge is -2.14. The van der Waals surface area contributed by atoms with Crippen molar-refractivity contribution < 1.29 is 14.3 Å². The number of benzene rings is 2. The van der Waals surface area contributed by atoms with Gasteiger partial charge in [0.15, 0.2) is 0 Å². The monoisotopic (exact) mass is 310 g/mol. The Bertz CT molecular complexity index is 748. The van der Waals surface area contributed by atoms with E-state index in [0.717, 1.165) is 30.4 Å². The number of methoxy groups -OCH3 is 1. The molecule has 2 atom stereocenters. The summed E-state index contributed by atoms with van der Waals surface area (Å²) >= 11 is 0. The van der Waals surface area contributed by atoms with E-state index in [1.807, 2.05) is 19.1 Å². The van der Waals surface area contributed by atoms with Gasteiger partial charge in [0.2, 0.25) is 0 Å². The van der Waals surface area contributed by atoms with Gasteiger partial charge in [-0.25, -0.2) is 4.79 Å². The van der Waals surface area contributed by atoms with Gasteiger partial charge in [0.1, 0.15) is 11.9 Å². The fourth-order valence-corrected chi connectivity index (χ4v) is 3.26. The second-order valence-corrected chi connectivity index (χ2v) is 6.12. The van der Waals surface area contributed by atoms with Crippen LogP contribution in [0.2, 0.25) is 0 Å². The third-order valence-corrected chi connectivity index (χ3v) is 4.76. The SMILES string of the molecule is C=C1C(=O)OC(CCCc2ccc(OC)c3ccccc23)C1C. The molecular formula is C20H22O3.